The zero-order valence-corrected chi connectivity index (χ0v) is 14.4. The highest BCUT2D eigenvalue weighted by atomic mass is 32.2. The van der Waals surface area contributed by atoms with E-state index in [0.717, 1.165) is 6.54 Å². The minimum absolute atomic E-state index is 0.426. The Morgan fingerprint density at radius 3 is 2.30 bits per heavy atom. The Morgan fingerprint density at radius 1 is 1.30 bits per heavy atom. The summed E-state index contributed by atoms with van der Waals surface area (Å²) in [4.78, 5) is 2.48. The summed E-state index contributed by atoms with van der Waals surface area (Å²) in [5, 5.41) is 3.50. The molecule has 0 spiro atoms. The lowest BCUT2D eigenvalue weighted by Gasteiger charge is -2.36. The lowest BCUT2D eigenvalue weighted by Crippen LogP contribution is -2.53. The van der Waals surface area contributed by atoms with Crippen molar-refractivity contribution in [1.29, 1.82) is 0 Å². The molecule has 2 N–H and O–H groups in total. The molecule has 0 bridgehead atoms. The van der Waals surface area contributed by atoms with Crippen LogP contribution in [0.5, 0.6) is 0 Å². The van der Waals surface area contributed by atoms with Crippen molar-refractivity contribution in [3.8, 4) is 0 Å². The van der Waals surface area contributed by atoms with Gasteiger partial charge in [-0.15, -0.1) is 0 Å². The Balaban J connectivity index is 2.38. The van der Waals surface area contributed by atoms with Crippen molar-refractivity contribution in [1.82, 2.24) is 14.9 Å². The molecule has 1 fully saturated rings. The second-order valence-corrected chi connectivity index (χ2v) is 8.45. The van der Waals surface area contributed by atoms with Crippen LogP contribution in [0.1, 0.15) is 40.5 Å². The molecule has 1 saturated heterocycles. The van der Waals surface area contributed by atoms with Gasteiger partial charge in [-0.3, -0.25) is 0 Å². The van der Waals surface area contributed by atoms with Crippen molar-refractivity contribution in [3.63, 3.8) is 0 Å². The maximum absolute atomic E-state index is 11.3. The highest BCUT2D eigenvalue weighted by Gasteiger charge is 2.26. The summed E-state index contributed by atoms with van der Waals surface area (Å²) < 4.78 is 25.3. The fourth-order valence-corrected chi connectivity index (χ4v) is 3.97. The zero-order chi connectivity index (χ0) is 15.4. The van der Waals surface area contributed by atoms with Gasteiger partial charge in [0.1, 0.15) is 0 Å². The Hall–Kier alpha value is -0.170. The average molecular weight is 305 g/mol. The monoisotopic (exact) mass is 305 g/mol. The molecule has 0 aliphatic carbocycles. The van der Waals surface area contributed by atoms with E-state index in [9.17, 15) is 8.42 Å². The number of nitrogens with zero attached hydrogens (tertiary/aromatic N) is 1. The Morgan fingerprint density at radius 2 is 1.85 bits per heavy atom. The van der Waals surface area contributed by atoms with Crippen molar-refractivity contribution in [2.75, 3.05) is 32.4 Å². The third-order valence-corrected chi connectivity index (χ3v) is 5.04. The third kappa shape index (κ3) is 6.52. The molecule has 1 unspecified atom stereocenters. The van der Waals surface area contributed by atoms with Crippen LogP contribution in [0.3, 0.4) is 0 Å². The van der Waals surface area contributed by atoms with E-state index in [4.69, 9.17) is 0 Å². The molecule has 1 atom stereocenters. The van der Waals surface area contributed by atoms with Crippen molar-refractivity contribution in [2.45, 2.75) is 52.1 Å². The summed E-state index contributed by atoms with van der Waals surface area (Å²) in [7, 11) is -3.16. The van der Waals surface area contributed by atoms with E-state index in [1.807, 2.05) is 13.8 Å². The topological polar surface area (TPSA) is 61.4 Å². The molecule has 0 radical (unpaired) electrons. The maximum atomic E-state index is 11.3. The van der Waals surface area contributed by atoms with Crippen LogP contribution in [0.2, 0.25) is 0 Å². The lowest BCUT2D eigenvalue weighted by atomic mass is 9.90. The molecule has 1 aliphatic heterocycles. The van der Waals surface area contributed by atoms with Crippen LogP contribution >= 0.6 is 0 Å². The predicted octanol–water partition coefficient (Wildman–Crippen LogP) is 1.02. The van der Waals surface area contributed by atoms with Crippen LogP contribution in [0.25, 0.3) is 0 Å². The van der Waals surface area contributed by atoms with Crippen molar-refractivity contribution >= 4 is 10.0 Å². The van der Waals surface area contributed by atoms with Crippen LogP contribution < -0.4 is 10.0 Å². The van der Waals surface area contributed by atoms with Crippen molar-refractivity contribution < 1.29 is 8.42 Å². The molecule has 0 aromatic carbocycles. The van der Waals surface area contributed by atoms with Crippen LogP contribution in [-0.4, -0.2) is 57.3 Å². The number of piperidine rings is 1. The molecule has 1 heterocycles. The average Bonchev–Trinajstić information content (AvgIpc) is 2.33. The summed E-state index contributed by atoms with van der Waals surface area (Å²) in [5.74, 6) is 0.687. The number of sulfonamides is 1. The first-order valence-corrected chi connectivity index (χ1v) is 9.47. The van der Waals surface area contributed by atoms with Crippen LogP contribution in [0.4, 0.5) is 0 Å². The minimum atomic E-state index is -3.16. The summed E-state index contributed by atoms with van der Waals surface area (Å²) in [6.45, 7) is 12.4. The fourth-order valence-electron chi connectivity index (χ4n) is 2.89. The highest BCUT2D eigenvalue weighted by Crippen LogP contribution is 2.20. The largest absolute Gasteiger partial charge is 0.312 e. The van der Waals surface area contributed by atoms with Gasteiger partial charge in [-0.05, 0) is 59.2 Å². The predicted molar refractivity (Wildman–Crippen MR) is 84.4 cm³/mol. The molecule has 6 heteroatoms. The van der Waals surface area contributed by atoms with E-state index >= 15 is 0 Å². The molecule has 1 rings (SSSR count). The molecule has 0 saturated carbocycles. The number of hydrogen-bond donors (Lipinski definition) is 2. The first kappa shape index (κ1) is 17.9. The van der Waals surface area contributed by atoms with Gasteiger partial charge in [0.15, 0.2) is 0 Å². The van der Waals surface area contributed by atoms with Crippen LogP contribution in [0.15, 0.2) is 0 Å². The van der Waals surface area contributed by atoms with E-state index in [-0.39, 0.29) is 0 Å². The number of hydrogen-bond acceptors (Lipinski definition) is 4. The Bertz CT molecular complexity index is 387. The number of likely N-dealkylation sites (tertiary alicyclic amines) is 1. The summed E-state index contributed by atoms with van der Waals surface area (Å²) in [5.41, 5.74) is -0.452. The maximum Gasteiger partial charge on any atom is 0.209 e. The second-order valence-electron chi connectivity index (χ2n) is 6.70. The van der Waals surface area contributed by atoms with E-state index in [2.05, 4.69) is 28.8 Å². The van der Waals surface area contributed by atoms with Gasteiger partial charge in [0, 0.05) is 18.1 Å². The molecular formula is C14H31N3O2S. The van der Waals surface area contributed by atoms with Crippen molar-refractivity contribution in [3.05, 3.63) is 0 Å². The SMILES string of the molecule is CCN1CCC(C(C)NCC(C)(C)NS(C)(=O)=O)CC1. The molecule has 20 heavy (non-hydrogen) atoms. The van der Waals surface area contributed by atoms with Gasteiger partial charge in [0.25, 0.3) is 0 Å². The fraction of sp³-hybridized carbons (Fsp3) is 1.00. The quantitative estimate of drug-likeness (QED) is 0.737. The Labute approximate surface area is 124 Å². The number of rotatable bonds is 7. The van der Waals surface area contributed by atoms with Gasteiger partial charge in [0.05, 0.1) is 6.26 Å². The summed E-state index contributed by atoms with van der Waals surface area (Å²) >= 11 is 0. The standard InChI is InChI=1S/C14H31N3O2S/c1-6-17-9-7-13(8-10-17)12(2)15-11-14(3,4)16-20(5,18)19/h12-13,15-16H,6-11H2,1-5H3. The van der Waals surface area contributed by atoms with E-state index in [0.29, 0.717) is 18.5 Å². The van der Waals surface area contributed by atoms with Gasteiger partial charge in [0.2, 0.25) is 10.0 Å². The smallest absolute Gasteiger partial charge is 0.209 e. The molecular weight excluding hydrogens is 274 g/mol. The second kappa shape index (κ2) is 7.20. The van der Waals surface area contributed by atoms with Crippen LogP contribution in [0, 0.1) is 5.92 Å². The molecule has 0 amide bonds. The third-order valence-electron chi connectivity index (χ3n) is 4.11. The first-order valence-electron chi connectivity index (χ1n) is 7.57. The molecule has 1 aliphatic rings. The zero-order valence-electron chi connectivity index (χ0n) is 13.6. The molecule has 120 valence electrons. The van der Waals surface area contributed by atoms with Crippen LogP contribution in [-0.2, 0) is 10.0 Å². The van der Waals surface area contributed by atoms with E-state index in [1.54, 1.807) is 0 Å². The normalized spacial score (nSPS) is 21.1. The highest BCUT2D eigenvalue weighted by molar-refractivity contribution is 7.88. The minimum Gasteiger partial charge on any atom is -0.312 e. The van der Waals surface area contributed by atoms with Gasteiger partial charge >= 0.3 is 0 Å². The lowest BCUT2D eigenvalue weighted by molar-refractivity contribution is 0.166. The summed E-state index contributed by atoms with van der Waals surface area (Å²) in [6.07, 6.45) is 3.66. The molecule has 5 nitrogen and oxygen atoms in total. The van der Waals surface area contributed by atoms with Gasteiger partial charge in [-0.1, -0.05) is 6.92 Å². The van der Waals surface area contributed by atoms with Gasteiger partial charge in [-0.25, -0.2) is 13.1 Å². The first-order chi connectivity index (χ1) is 9.13. The summed E-state index contributed by atoms with van der Waals surface area (Å²) in [6, 6.07) is 0.426. The van der Waals surface area contributed by atoms with E-state index < -0.39 is 15.6 Å². The van der Waals surface area contributed by atoms with Gasteiger partial charge in [-0.2, -0.15) is 0 Å². The number of nitrogens with one attached hydrogen (secondary N) is 2. The van der Waals surface area contributed by atoms with E-state index in [1.165, 1.54) is 32.2 Å². The van der Waals surface area contributed by atoms with Gasteiger partial charge < -0.3 is 10.2 Å². The van der Waals surface area contributed by atoms with Crippen molar-refractivity contribution in [2.24, 2.45) is 5.92 Å². The Kier molecular flexibility index (Phi) is 6.44. The molecule has 0 aromatic heterocycles. The molecule has 0 aromatic rings.